The van der Waals surface area contributed by atoms with Gasteiger partial charge in [-0.2, -0.15) is 5.10 Å². The van der Waals surface area contributed by atoms with E-state index in [9.17, 15) is 9.59 Å². The first-order valence-electron chi connectivity index (χ1n) is 9.61. The standard InChI is InChI=1S/C20H26N4O2/c1-12-18(19-15(21-12)9-6-10-17(19)25)20(26)24(2)11-16-13-7-4-3-5-8-14(13)22-23-16/h21H,3-11H2,1-2H3,(H,22,23). The van der Waals surface area contributed by atoms with E-state index in [2.05, 4.69) is 15.2 Å². The summed E-state index contributed by atoms with van der Waals surface area (Å²) in [5, 5.41) is 7.64. The van der Waals surface area contributed by atoms with Crippen LogP contribution in [-0.4, -0.2) is 38.8 Å². The number of Topliss-reactive ketones (excluding diaryl/α,β-unsaturated/α-hetero) is 1. The van der Waals surface area contributed by atoms with Crippen molar-refractivity contribution in [3.8, 4) is 0 Å². The van der Waals surface area contributed by atoms with Gasteiger partial charge in [-0.05, 0) is 51.0 Å². The van der Waals surface area contributed by atoms with E-state index in [1.54, 1.807) is 11.9 Å². The van der Waals surface area contributed by atoms with Crippen molar-refractivity contribution in [2.75, 3.05) is 7.05 Å². The molecule has 0 radical (unpaired) electrons. The Kier molecular flexibility index (Phi) is 4.42. The number of hydrogen-bond donors (Lipinski definition) is 2. The first-order valence-corrected chi connectivity index (χ1v) is 9.61. The zero-order valence-corrected chi connectivity index (χ0v) is 15.6. The van der Waals surface area contributed by atoms with Gasteiger partial charge in [0.15, 0.2) is 5.78 Å². The normalized spacial score (nSPS) is 16.8. The Morgan fingerprint density at radius 2 is 1.85 bits per heavy atom. The molecule has 2 N–H and O–H groups in total. The molecule has 2 heterocycles. The van der Waals surface area contributed by atoms with Crippen molar-refractivity contribution in [1.82, 2.24) is 20.1 Å². The van der Waals surface area contributed by atoms with Gasteiger partial charge in [0.2, 0.25) is 0 Å². The third-order valence-corrected chi connectivity index (χ3v) is 5.71. The molecule has 6 nitrogen and oxygen atoms in total. The predicted molar refractivity (Wildman–Crippen MR) is 98.4 cm³/mol. The molecule has 2 aliphatic rings. The number of nitrogens with one attached hydrogen (secondary N) is 2. The maximum atomic E-state index is 13.1. The van der Waals surface area contributed by atoms with Crippen molar-refractivity contribution in [3.05, 3.63) is 39.5 Å². The van der Waals surface area contributed by atoms with Gasteiger partial charge in [-0.15, -0.1) is 0 Å². The number of amides is 1. The Labute approximate surface area is 153 Å². The molecule has 0 saturated carbocycles. The lowest BCUT2D eigenvalue weighted by Crippen LogP contribution is -2.29. The Bertz CT molecular complexity index is 862. The van der Waals surface area contributed by atoms with Crippen molar-refractivity contribution in [2.45, 2.75) is 64.8 Å². The van der Waals surface area contributed by atoms with Crippen LogP contribution >= 0.6 is 0 Å². The van der Waals surface area contributed by atoms with Crippen LogP contribution < -0.4 is 0 Å². The molecule has 0 atom stereocenters. The smallest absolute Gasteiger partial charge is 0.256 e. The van der Waals surface area contributed by atoms with Crippen LogP contribution in [-0.2, 0) is 25.8 Å². The highest BCUT2D eigenvalue weighted by Crippen LogP contribution is 2.28. The number of hydrogen-bond acceptors (Lipinski definition) is 3. The summed E-state index contributed by atoms with van der Waals surface area (Å²) in [5.41, 5.74) is 6.35. The van der Waals surface area contributed by atoms with E-state index < -0.39 is 0 Å². The zero-order valence-electron chi connectivity index (χ0n) is 15.6. The average molecular weight is 354 g/mol. The third-order valence-electron chi connectivity index (χ3n) is 5.71. The quantitative estimate of drug-likeness (QED) is 0.831. The summed E-state index contributed by atoms with van der Waals surface area (Å²) in [4.78, 5) is 30.5. The fraction of sp³-hybridized carbons (Fsp3) is 0.550. The number of nitrogens with zero attached hydrogens (tertiary/aromatic N) is 2. The molecule has 1 amide bonds. The maximum absolute atomic E-state index is 13.1. The van der Waals surface area contributed by atoms with E-state index in [4.69, 9.17) is 0 Å². The summed E-state index contributed by atoms with van der Waals surface area (Å²) in [7, 11) is 1.80. The van der Waals surface area contributed by atoms with Gasteiger partial charge in [-0.3, -0.25) is 14.7 Å². The molecule has 2 aromatic rings. The first kappa shape index (κ1) is 17.1. The van der Waals surface area contributed by atoms with Gasteiger partial charge in [0.25, 0.3) is 5.91 Å². The van der Waals surface area contributed by atoms with Gasteiger partial charge in [-0.25, -0.2) is 0 Å². The van der Waals surface area contributed by atoms with Crippen LogP contribution in [0, 0.1) is 6.92 Å². The number of rotatable bonds is 3. The number of aryl methyl sites for hydroxylation is 3. The monoisotopic (exact) mass is 354 g/mol. The van der Waals surface area contributed by atoms with Crippen molar-refractivity contribution in [2.24, 2.45) is 0 Å². The van der Waals surface area contributed by atoms with Crippen LogP contribution in [0.15, 0.2) is 0 Å². The molecule has 0 spiro atoms. The Hall–Kier alpha value is -2.37. The SMILES string of the molecule is Cc1[nH]c2c(c1C(=O)N(C)Cc1n[nH]c3c1CCCCC3)C(=O)CCC2. The number of carbonyl (C=O) groups is 2. The second-order valence-corrected chi connectivity index (χ2v) is 7.60. The predicted octanol–water partition coefficient (Wildman–Crippen LogP) is 3.11. The van der Waals surface area contributed by atoms with Crippen LogP contribution in [0.25, 0.3) is 0 Å². The molecule has 138 valence electrons. The Morgan fingerprint density at radius 3 is 2.69 bits per heavy atom. The van der Waals surface area contributed by atoms with Gasteiger partial charge < -0.3 is 9.88 Å². The largest absolute Gasteiger partial charge is 0.361 e. The highest BCUT2D eigenvalue weighted by Gasteiger charge is 2.30. The molecule has 0 unspecified atom stereocenters. The zero-order chi connectivity index (χ0) is 18.3. The number of aromatic nitrogens is 3. The lowest BCUT2D eigenvalue weighted by molar-refractivity contribution is 0.0776. The minimum absolute atomic E-state index is 0.0842. The lowest BCUT2D eigenvalue weighted by atomic mass is 9.92. The molecule has 2 aromatic heterocycles. The summed E-state index contributed by atoms with van der Waals surface area (Å²) in [5.74, 6) is -0.0124. The van der Waals surface area contributed by atoms with Crippen molar-refractivity contribution in [1.29, 1.82) is 0 Å². The van der Waals surface area contributed by atoms with E-state index in [0.29, 0.717) is 24.1 Å². The molecule has 0 bridgehead atoms. The number of ketones is 1. The molecule has 0 aliphatic heterocycles. The van der Waals surface area contributed by atoms with E-state index in [1.807, 2.05) is 6.92 Å². The second kappa shape index (κ2) is 6.74. The molecule has 6 heteroatoms. The summed E-state index contributed by atoms with van der Waals surface area (Å²) in [6.07, 6.45) is 7.91. The van der Waals surface area contributed by atoms with Crippen LogP contribution in [0.3, 0.4) is 0 Å². The topological polar surface area (TPSA) is 81.8 Å². The van der Waals surface area contributed by atoms with Gasteiger partial charge in [-0.1, -0.05) is 6.42 Å². The Morgan fingerprint density at radius 1 is 1.08 bits per heavy atom. The molecule has 0 aromatic carbocycles. The van der Waals surface area contributed by atoms with Crippen molar-refractivity contribution < 1.29 is 9.59 Å². The summed E-state index contributed by atoms with van der Waals surface area (Å²) in [6.45, 7) is 2.35. The number of carbonyl (C=O) groups excluding carboxylic acids is 2. The summed E-state index contributed by atoms with van der Waals surface area (Å²) < 4.78 is 0. The van der Waals surface area contributed by atoms with Crippen LogP contribution in [0.1, 0.15) is 81.2 Å². The van der Waals surface area contributed by atoms with Gasteiger partial charge in [0.1, 0.15) is 0 Å². The second-order valence-electron chi connectivity index (χ2n) is 7.60. The lowest BCUT2D eigenvalue weighted by Gasteiger charge is -2.19. The number of fused-ring (bicyclic) bond motifs is 2. The third kappa shape index (κ3) is 2.87. The minimum Gasteiger partial charge on any atom is -0.361 e. The minimum atomic E-state index is -0.0966. The van der Waals surface area contributed by atoms with Crippen LogP contribution in [0.2, 0.25) is 0 Å². The molecule has 26 heavy (non-hydrogen) atoms. The molecular weight excluding hydrogens is 328 g/mol. The Balaban J connectivity index is 1.59. The average Bonchev–Trinajstić information content (AvgIpc) is 3.05. The number of H-pyrrole nitrogens is 2. The molecule has 4 rings (SSSR count). The fourth-order valence-electron chi connectivity index (χ4n) is 4.35. The number of aromatic amines is 2. The van der Waals surface area contributed by atoms with E-state index in [0.717, 1.165) is 42.8 Å². The van der Waals surface area contributed by atoms with E-state index >= 15 is 0 Å². The first-order chi connectivity index (χ1) is 12.6. The van der Waals surface area contributed by atoms with Gasteiger partial charge in [0, 0.05) is 30.6 Å². The fourth-order valence-corrected chi connectivity index (χ4v) is 4.35. The molecule has 2 aliphatic carbocycles. The highest BCUT2D eigenvalue weighted by molar-refractivity contribution is 6.10. The van der Waals surface area contributed by atoms with Gasteiger partial charge in [0.05, 0.1) is 23.4 Å². The van der Waals surface area contributed by atoms with E-state index in [-0.39, 0.29) is 11.7 Å². The summed E-state index contributed by atoms with van der Waals surface area (Å²) >= 11 is 0. The summed E-state index contributed by atoms with van der Waals surface area (Å²) in [6, 6.07) is 0. The maximum Gasteiger partial charge on any atom is 0.256 e. The highest BCUT2D eigenvalue weighted by atomic mass is 16.2. The molecule has 0 saturated heterocycles. The van der Waals surface area contributed by atoms with Crippen LogP contribution in [0.5, 0.6) is 0 Å². The van der Waals surface area contributed by atoms with Crippen molar-refractivity contribution >= 4 is 11.7 Å². The van der Waals surface area contributed by atoms with Gasteiger partial charge >= 0.3 is 0 Å². The van der Waals surface area contributed by atoms with Crippen molar-refractivity contribution in [3.63, 3.8) is 0 Å². The van der Waals surface area contributed by atoms with Crippen LogP contribution in [0.4, 0.5) is 0 Å². The molecular formula is C20H26N4O2. The molecule has 0 fully saturated rings. The van der Waals surface area contributed by atoms with E-state index in [1.165, 1.54) is 30.5 Å².